The Morgan fingerprint density at radius 2 is 2.20 bits per heavy atom. The lowest BCUT2D eigenvalue weighted by atomic mass is 10.2. The summed E-state index contributed by atoms with van der Waals surface area (Å²) in [5.41, 5.74) is 1.23. The van der Waals surface area contributed by atoms with E-state index in [9.17, 15) is 0 Å². The SMILES string of the molecule is C=CC(/C=C/C)=C\CCC. The molecule has 0 saturated carbocycles. The van der Waals surface area contributed by atoms with Crippen LogP contribution in [-0.4, -0.2) is 0 Å². The number of unbranched alkanes of at least 4 members (excludes halogenated alkanes) is 1. The van der Waals surface area contributed by atoms with Crippen LogP contribution in [0.4, 0.5) is 0 Å². The maximum absolute atomic E-state index is 3.71. The van der Waals surface area contributed by atoms with Gasteiger partial charge in [-0.2, -0.15) is 0 Å². The van der Waals surface area contributed by atoms with E-state index in [0.29, 0.717) is 0 Å². The minimum atomic E-state index is 1.14. The van der Waals surface area contributed by atoms with Gasteiger partial charge in [0.1, 0.15) is 0 Å². The fourth-order valence-corrected chi connectivity index (χ4v) is 0.723. The van der Waals surface area contributed by atoms with E-state index < -0.39 is 0 Å². The monoisotopic (exact) mass is 136 g/mol. The summed E-state index contributed by atoms with van der Waals surface area (Å²) >= 11 is 0. The van der Waals surface area contributed by atoms with Crippen LogP contribution in [0, 0.1) is 0 Å². The third kappa shape index (κ3) is 4.13. The van der Waals surface area contributed by atoms with Crippen LogP contribution in [0.15, 0.2) is 36.5 Å². The van der Waals surface area contributed by atoms with Crippen LogP contribution >= 0.6 is 0 Å². The zero-order valence-electron chi connectivity index (χ0n) is 6.93. The maximum atomic E-state index is 3.71. The van der Waals surface area contributed by atoms with Gasteiger partial charge in [-0.1, -0.05) is 44.2 Å². The van der Waals surface area contributed by atoms with Crippen LogP contribution in [-0.2, 0) is 0 Å². The smallest absolute Gasteiger partial charge is 0.0306 e. The van der Waals surface area contributed by atoms with Crippen molar-refractivity contribution in [3.8, 4) is 0 Å². The lowest BCUT2D eigenvalue weighted by Gasteiger charge is -1.90. The van der Waals surface area contributed by atoms with Gasteiger partial charge in [0, 0.05) is 0 Å². The van der Waals surface area contributed by atoms with E-state index in [-0.39, 0.29) is 0 Å². The minimum Gasteiger partial charge on any atom is -0.0985 e. The van der Waals surface area contributed by atoms with Gasteiger partial charge in [0.15, 0.2) is 0 Å². The van der Waals surface area contributed by atoms with Crippen LogP contribution in [0.5, 0.6) is 0 Å². The Balaban J connectivity index is 3.90. The van der Waals surface area contributed by atoms with E-state index in [4.69, 9.17) is 0 Å². The van der Waals surface area contributed by atoms with E-state index in [0.717, 1.165) is 6.42 Å². The first-order valence-electron chi connectivity index (χ1n) is 3.80. The molecule has 0 heteroatoms. The summed E-state index contributed by atoms with van der Waals surface area (Å²) < 4.78 is 0. The molecule has 0 aliphatic heterocycles. The Labute approximate surface area is 64.0 Å². The van der Waals surface area contributed by atoms with Crippen LogP contribution < -0.4 is 0 Å². The summed E-state index contributed by atoms with van der Waals surface area (Å²) in [5, 5.41) is 0. The van der Waals surface area contributed by atoms with Crippen LogP contribution in [0.1, 0.15) is 26.7 Å². The molecule has 0 aromatic rings. The molecule has 0 aliphatic carbocycles. The zero-order valence-corrected chi connectivity index (χ0v) is 6.93. The number of hydrogen-bond donors (Lipinski definition) is 0. The second-order valence-electron chi connectivity index (χ2n) is 2.20. The van der Waals surface area contributed by atoms with E-state index in [1.165, 1.54) is 12.0 Å². The Morgan fingerprint density at radius 1 is 1.50 bits per heavy atom. The molecular formula is C10H16. The normalized spacial score (nSPS) is 12.4. The predicted molar refractivity (Wildman–Crippen MR) is 48.0 cm³/mol. The van der Waals surface area contributed by atoms with E-state index in [1.807, 2.05) is 19.1 Å². The Bertz CT molecular complexity index is 138. The molecule has 0 aromatic heterocycles. The first-order valence-corrected chi connectivity index (χ1v) is 3.80. The van der Waals surface area contributed by atoms with Gasteiger partial charge in [-0.25, -0.2) is 0 Å². The minimum absolute atomic E-state index is 1.14. The molecule has 0 spiro atoms. The van der Waals surface area contributed by atoms with E-state index in [2.05, 4.69) is 25.7 Å². The molecule has 56 valence electrons. The highest BCUT2D eigenvalue weighted by Crippen LogP contribution is 2.01. The van der Waals surface area contributed by atoms with Crippen molar-refractivity contribution in [2.24, 2.45) is 0 Å². The highest BCUT2D eigenvalue weighted by atomic mass is 13.9. The molecular weight excluding hydrogens is 120 g/mol. The van der Waals surface area contributed by atoms with Crippen molar-refractivity contribution in [2.45, 2.75) is 26.7 Å². The molecule has 0 radical (unpaired) electrons. The second-order valence-corrected chi connectivity index (χ2v) is 2.20. The summed E-state index contributed by atoms with van der Waals surface area (Å²) in [5.74, 6) is 0. The Kier molecular flexibility index (Phi) is 5.85. The van der Waals surface area contributed by atoms with Gasteiger partial charge in [0.2, 0.25) is 0 Å². The van der Waals surface area contributed by atoms with Gasteiger partial charge < -0.3 is 0 Å². The quantitative estimate of drug-likeness (QED) is 0.519. The number of allylic oxidation sites excluding steroid dienone is 5. The van der Waals surface area contributed by atoms with Gasteiger partial charge in [-0.3, -0.25) is 0 Å². The molecule has 0 aromatic carbocycles. The molecule has 0 bridgehead atoms. The van der Waals surface area contributed by atoms with E-state index >= 15 is 0 Å². The average Bonchev–Trinajstić information content (AvgIpc) is 1.98. The summed E-state index contributed by atoms with van der Waals surface area (Å²) in [7, 11) is 0. The third-order valence-corrected chi connectivity index (χ3v) is 1.26. The molecule has 0 unspecified atom stereocenters. The van der Waals surface area contributed by atoms with Gasteiger partial charge >= 0.3 is 0 Å². The zero-order chi connectivity index (χ0) is 7.82. The van der Waals surface area contributed by atoms with Gasteiger partial charge in [0.25, 0.3) is 0 Å². The summed E-state index contributed by atoms with van der Waals surface area (Å²) in [6.45, 7) is 7.90. The van der Waals surface area contributed by atoms with Gasteiger partial charge in [0.05, 0.1) is 0 Å². The Morgan fingerprint density at radius 3 is 2.60 bits per heavy atom. The van der Waals surface area contributed by atoms with Crippen molar-refractivity contribution in [3.05, 3.63) is 36.5 Å². The highest BCUT2D eigenvalue weighted by Gasteiger charge is 1.80. The maximum Gasteiger partial charge on any atom is -0.0306 e. The van der Waals surface area contributed by atoms with Crippen molar-refractivity contribution in [3.63, 3.8) is 0 Å². The largest absolute Gasteiger partial charge is 0.0985 e. The van der Waals surface area contributed by atoms with Crippen molar-refractivity contribution < 1.29 is 0 Å². The van der Waals surface area contributed by atoms with Gasteiger partial charge in [-0.15, -0.1) is 0 Å². The number of hydrogen-bond acceptors (Lipinski definition) is 0. The second kappa shape index (κ2) is 6.34. The van der Waals surface area contributed by atoms with Crippen LogP contribution in [0.2, 0.25) is 0 Å². The van der Waals surface area contributed by atoms with E-state index in [1.54, 1.807) is 0 Å². The molecule has 0 heterocycles. The highest BCUT2D eigenvalue weighted by molar-refractivity contribution is 5.28. The van der Waals surface area contributed by atoms with Crippen molar-refractivity contribution in [1.82, 2.24) is 0 Å². The molecule has 0 fully saturated rings. The molecule has 0 nitrogen and oxygen atoms in total. The fraction of sp³-hybridized carbons (Fsp3) is 0.400. The lowest BCUT2D eigenvalue weighted by Crippen LogP contribution is -1.70. The van der Waals surface area contributed by atoms with Crippen LogP contribution in [0.25, 0.3) is 0 Å². The molecule has 0 saturated heterocycles. The van der Waals surface area contributed by atoms with Crippen LogP contribution in [0.3, 0.4) is 0 Å². The Hall–Kier alpha value is -0.780. The molecule has 10 heavy (non-hydrogen) atoms. The predicted octanol–water partition coefficient (Wildman–Crippen LogP) is 3.48. The molecule has 0 aliphatic rings. The topological polar surface area (TPSA) is 0 Å². The van der Waals surface area contributed by atoms with Crippen molar-refractivity contribution >= 4 is 0 Å². The molecule has 0 amide bonds. The average molecular weight is 136 g/mol. The number of rotatable bonds is 4. The molecule has 0 rings (SSSR count). The fourth-order valence-electron chi connectivity index (χ4n) is 0.723. The summed E-state index contributed by atoms with van der Waals surface area (Å²) in [4.78, 5) is 0. The first-order chi connectivity index (χ1) is 4.85. The van der Waals surface area contributed by atoms with Gasteiger partial charge in [-0.05, 0) is 18.9 Å². The third-order valence-electron chi connectivity index (χ3n) is 1.26. The standard InChI is InChI=1S/C10H16/c1-4-7-9-10(6-3)8-5-2/h5-6,8-9H,3-4,7H2,1-2H3/b8-5+,10-9+. The lowest BCUT2D eigenvalue weighted by molar-refractivity contribution is 0.955. The summed E-state index contributed by atoms with van der Waals surface area (Å²) in [6, 6.07) is 0. The molecule has 0 atom stereocenters. The molecule has 0 N–H and O–H groups in total. The van der Waals surface area contributed by atoms with Crippen molar-refractivity contribution in [2.75, 3.05) is 0 Å². The first kappa shape index (κ1) is 9.22. The summed E-state index contributed by atoms with van der Waals surface area (Å²) in [6.07, 6.45) is 10.5. The van der Waals surface area contributed by atoms with Crippen molar-refractivity contribution in [1.29, 1.82) is 0 Å².